The summed E-state index contributed by atoms with van der Waals surface area (Å²) in [6.07, 6.45) is 0. The molecule has 1 heterocycles. The van der Waals surface area contributed by atoms with Gasteiger partial charge in [0.05, 0.1) is 22.0 Å². The van der Waals surface area contributed by atoms with Gasteiger partial charge in [-0.3, -0.25) is 0 Å². The van der Waals surface area contributed by atoms with E-state index in [0.717, 1.165) is 4.47 Å². The summed E-state index contributed by atoms with van der Waals surface area (Å²) in [4.78, 5) is 8.41. The summed E-state index contributed by atoms with van der Waals surface area (Å²) in [6.45, 7) is 0. The van der Waals surface area contributed by atoms with Gasteiger partial charge in [0.2, 0.25) is 9.84 Å². The predicted molar refractivity (Wildman–Crippen MR) is 94.2 cm³/mol. The third-order valence-electron chi connectivity index (χ3n) is 3.37. The molecule has 0 radical (unpaired) electrons. The molecule has 1 aromatic heterocycles. The molecule has 0 fully saturated rings. The molecule has 24 heavy (non-hydrogen) atoms. The van der Waals surface area contributed by atoms with Crippen LogP contribution in [0.15, 0.2) is 57.9 Å². The monoisotopic (exact) mass is 421 g/mol. The zero-order valence-electron chi connectivity index (χ0n) is 12.0. The average molecular weight is 423 g/mol. The molecular formula is C16H9BrClN3O2S. The zero-order chi connectivity index (χ0) is 17.3. The number of nitriles is 1. The largest absolute Gasteiger partial charge is 0.245 e. The standard InChI is InChI=1S/C16H9BrClN3O2S/c17-10-5-7-11(8-6-10)24(22,23)14(9-19)15-16(18)21-13-4-2-1-3-12(13)20-15/h1-8,14H/t14-/m0/s1. The zero-order valence-corrected chi connectivity index (χ0v) is 15.2. The smallest absolute Gasteiger partial charge is 0.200 e. The number of sulfone groups is 1. The van der Waals surface area contributed by atoms with Crippen molar-refractivity contribution in [2.45, 2.75) is 10.1 Å². The van der Waals surface area contributed by atoms with Crippen molar-refractivity contribution in [2.24, 2.45) is 0 Å². The molecule has 0 aliphatic heterocycles. The summed E-state index contributed by atoms with van der Waals surface area (Å²) in [6, 6.07) is 14.7. The van der Waals surface area contributed by atoms with E-state index in [0.29, 0.717) is 11.0 Å². The summed E-state index contributed by atoms with van der Waals surface area (Å²) in [5.74, 6) is 0. The maximum absolute atomic E-state index is 12.8. The second-order valence-corrected chi connectivity index (χ2v) is 8.20. The van der Waals surface area contributed by atoms with Crippen molar-refractivity contribution in [3.8, 4) is 6.07 Å². The van der Waals surface area contributed by atoms with E-state index < -0.39 is 15.1 Å². The lowest BCUT2D eigenvalue weighted by atomic mass is 10.2. The Kier molecular flexibility index (Phi) is 4.54. The van der Waals surface area contributed by atoms with Crippen molar-refractivity contribution in [1.29, 1.82) is 5.26 Å². The van der Waals surface area contributed by atoms with Crippen LogP contribution in [-0.4, -0.2) is 18.4 Å². The van der Waals surface area contributed by atoms with Gasteiger partial charge in [0.25, 0.3) is 0 Å². The number of aromatic nitrogens is 2. The van der Waals surface area contributed by atoms with Gasteiger partial charge in [-0.05, 0) is 36.4 Å². The van der Waals surface area contributed by atoms with Crippen LogP contribution < -0.4 is 0 Å². The summed E-state index contributed by atoms with van der Waals surface area (Å²) in [5, 5.41) is 7.83. The van der Waals surface area contributed by atoms with Gasteiger partial charge in [0.1, 0.15) is 5.69 Å². The number of fused-ring (bicyclic) bond motifs is 1. The van der Waals surface area contributed by atoms with Crippen LogP contribution >= 0.6 is 27.5 Å². The van der Waals surface area contributed by atoms with Crippen molar-refractivity contribution in [3.05, 3.63) is 63.9 Å². The molecule has 0 unspecified atom stereocenters. The fourth-order valence-corrected chi connectivity index (χ4v) is 4.15. The summed E-state index contributed by atoms with van der Waals surface area (Å²) in [5.41, 5.74) is 0.938. The highest BCUT2D eigenvalue weighted by atomic mass is 79.9. The van der Waals surface area contributed by atoms with Crippen LogP contribution in [0.5, 0.6) is 0 Å². The Morgan fingerprint density at radius 2 is 1.62 bits per heavy atom. The van der Waals surface area contributed by atoms with Crippen LogP contribution in [0.4, 0.5) is 0 Å². The molecule has 8 heteroatoms. The molecule has 1 atom stereocenters. The molecule has 3 rings (SSSR count). The van der Waals surface area contributed by atoms with Crippen LogP contribution in [0, 0.1) is 11.3 Å². The van der Waals surface area contributed by atoms with E-state index in [1.807, 2.05) is 0 Å². The highest BCUT2D eigenvalue weighted by molar-refractivity contribution is 9.10. The Morgan fingerprint density at radius 3 is 2.21 bits per heavy atom. The maximum atomic E-state index is 12.8. The molecule has 0 N–H and O–H groups in total. The lowest BCUT2D eigenvalue weighted by Gasteiger charge is -2.12. The maximum Gasteiger partial charge on any atom is 0.200 e. The minimum atomic E-state index is -3.98. The topological polar surface area (TPSA) is 83.7 Å². The van der Waals surface area contributed by atoms with Crippen LogP contribution in [0.3, 0.4) is 0 Å². The van der Waals surface area contributed by atoms with Crippen molar-refractivity contribution < 1.29 is 8.42 Å². The molecule has 2 aromatic carbocycles. The van der Waals surface area contributed by atoms with Gasteiger partial charge in [0, 0.05) is 4.47 Å². The van der Waals surface area contributed by atoms with Gasteiger partial charge in [-0.1, -0.05) is 39.7 Å². The van der Waals surface area contributed by atoms with Gasteiger partial charge in [-0.2, -0.15) is 5.26 Å². The third kappa shape index (κ3) is 3.00. The Labute approximate surface area is 152 Å². The minimum Gasteiger partial charge on any atom is -0.245 e. The average Bonchev–Trinajstić information content (AvgIpc) is 2.56. The normalized spacial score (nSPS) is 12.7. The molecule has 0 amide bonds. The van der Waals surface area contributed by atoms with Gasteiger partial charge in [-0.15, -0.1) is 0 Å². The Morgan fingerprint density at radius 1 is 1.04 bits per heavy atom. The van der Waals surface area contributed by atoms with E-state index in [-0.39, 0.29) is 15.7 Å². The van der Waals surface area contributed by atoms with Gasteiger partial charge < -0.3 is 0 Å². The molecule has 0 saturated heterocycles. The summed E-state index contributed by atoms with van der Waals surface area (Å²) in [7, 11) is -3.98. The molecule has 0 aliphatic carbocycles. The van der Waals surface area contributed by atoms with E-state index in [1.165, 1.54) is 12.1 Å². The lowest BCUT2D eigenvalue weighted by Crippen LogP contribution is -2.15. The Balaban J connectivity index is 2.17. The first-order valence-corrected chi connectivity index (χ1v) is 9.46. The van der Waals surface area contributed by atoms with Crippen molar-refractivity contribution >= 4 is 48.4 Å². The van der Waals surface area contributed by atoms with E-state index in [1.54, 1.807) is 42.5 Å². The van der Waals surface area contributed by atoms with Crippen LogP contribution in [0.25, 0.3) is 11.0 Å². The lowest BCUT2D eigenvalue weighted by molar-refractivity contribution is 0.590. The van der Waals surface area contributed by atoms with E-state index in [9.17, 15) is 13.7 Å². The number of hydrogen-bond acceptors (Lipinski definition) is 5. The number of nitrogens with zero attached hydrogens (tertiary/aromatic N) is 3. The molecule has 5 nitrogen and oxygen atoms in total. The molecule has 0 spiro atoms. The number of halogens is 2. The number of hydrogen-bond donors (Lipinski definition) is 0. The van der Waals surface area contributed by atoms with E-state index in [2.05, 4.69) is 25.9 Å². The first kappa shape index (κ1) is 16.8. The van der Waals surface area contributed by atoms with E-state index >= 15 is 0 Å². The van der Waals surface area contributed by atoms with Gasteiger partial charge in [-0.25, -0.2) is 18.4 Å². The highest BCUT2D eigenvalue weighted by Gasteiger charge is 2.33. The highest BCUT2D eigenvalue weighted by Crippen LogP contribution is 2.32. The predicted octanol–water partition coefficient (Wildman–Crippen LogP) is 4.08. The Bertz CT molecular complexity index is 1060. The number of benzene rings is 2. The molecular weight excluding hydrogens is 414 g/mol. The molecule has 0 saturated carbocycles. The molecule has 3 aromatic rings. The van der Waals surface area contributed by atoms with Gasteiger partial charge in [0.15, 0.2) is 10.4 Å². The Hall–Kier alpha value is -2.01. The fourth-order valence-electron chi connectivity index (χ4n) is 2.20. The van der Waals surface area contributed by atoms with Gasteiger partial charge >= 0.3 is 0 Å². The molecule has 120 valence electrons. The SMILES string of the molecule is N#C[C@@H](c1nc2ccccc2nc1Cl)S(=O)(=O)c1ccc(Br)cc1. The second kappa shape index (κ2) is 6.48. The fraction of sp³-hybridized carbons (Fsp3) is 0.0625. The summed E-state index contributed by atoms with van der Waals surface area (Å²) < 4.78 is 26.3. The molecule has 0 bridgehead atoms. The number of para-hydroxylation sites is 2. The van der Waals surface area contributed by atoms with Crippen LogP contribution in [0.1, 0.15) is 10.9 Å². The first-order chi connectivity index (χ1) is 11.4. The number of rotatable bonds is 3. The first-order valence-electron chi connectivity index (χ1n) is 6.75. The van der Waals surface area contributed by atoms with Crippen molar-refractivity contribution in [1.82, 2.24) is 9.97 Å². The van der Waals surface area contributed by atoms with Crippen LogP contribution in [0.2, 0.25) is 5.15 Å². The second-order valence-electron chi connectivity index (χ2n) is 4.90. The van der Waals surface area contributed by atoms with Crippen molar-refractivity contribution in [2.75, 3.05) is 0 Å². The van der Waals surface area contributed by atoms with E-state index in [4.69, 9.17) is 11.6 Å². The summed E-state index contributed by atoms with van der Waals surface area (Å²) >= 11 is 9.35. The molecule has 0 aliphatic rings. The quantitative estimate of drug-likeness (QED) is 0.635. The third-order valence-corrected chi connectivity index (χ3v) is 6.06. The minimum absolute atomic E-state index is 0.0169. The van der Waals surface area contributed by atoms with Crippen molar-refractivity contribution in [3.63, 3.8) is 0 Å². The van der Waals surface area contributed by atoms with Crippen LogP contribution in [-0.2, 0) is 9.84 Å².